The first kappa shape index (κ1) is 10.9. The Morgan fingerprint density at radius 1 is 1.53 bits per heavy atom. The molecule has 0 amide bonds. The Hall–Kier alpha value is -0.650. The largest absolute Gasteiger partial charge is 0.454 e. The molecule has 0 radical (unpaired) electrons. The Kier molecular flexibility index (Phi) is 2.48. The Labute approximate surface area is 88.3 Å². The van der Waals surface area contributed by atoms with Gasteiger partial charge in [0, 0.05) is 12.8 Å². The first-order chi connectivity index (χ1) is 6.97. The van der Waals surface area contributed by atoms with E-state index in [0.717, 1.165) is 0 Å². The van der Waals surface area contributed by atoms with Crippen molar-refractivity contribution in [3.8, 4) is 0 Å². The average Bonchev–Trinajstić information content (AvgIpc) is 2.70. The van der Waals surface area contributed by atoms with Gasteiger partial charge in [0.1, 0.15) is 6.10 Å². The van der Waals surface area contributed by atoms with Gasteiger partial charge in [-0.05, 0) is 13.8 Å². The van der Waals surface area contributed by atoms with Crippen LogP contribution < -0.4 is 0 Å². The summed E-state index contributed by atoms with van der Waals surface area (Å²) in [6.45, 7) is 3.73. The lowest BCUT2D eigenvalue weighted by Crippen LogP contribution is -2.47. The fourth-order valence-corrected chi connectivity index (χ4v) is 2.03. The molecule has 0 aromatic rings. The van der Waals surface area contributed by atoms with Crippen LogP contribution in [0.1, 0.15) is 26.7 Å². The minimum absolute atomic E-state index is 0.219. The van der Waals surface area contributed by atoms with E-state index < -0.39 is 11.4 Å². The third kappa shape index (κ3) is 1.87. The maximum Gasteiger partial charge on any atom is 0.306 e. The molecule has 86 valence electrons. The van der Waals surface area contributed by atoms with Gasteiger partial charge in [-0.2, -0.15) is 0 Å². The molecule has 0 aromatic carbocycles. The standard InChI is InChI=1S/C10H16O5/c1-9(2)13-5-7(14-9)10(6-11)4-3-8(12)15-10/h7,11H,3-6H2,1-2H3/t7-,10+/m0/s1. The monoisotopic (exact) mass is 216 g/mol. The maximum absolute atomic E-state index is 11.1. The van der Waals surface area contributed by atoms with Crippen LogP contribution in [0, 0.1) is 0 Å². The molecule has 2 heterocycles. The van der Waals surface area contributed by atoms with E-state index in [-0.39, 0.29) is 18.7 Å². The number of hydrogen-bond acceptors (Lipinski definition) is 5. The fourth-order valence-electron chi connectivity index (χ4n) is 2.03. The number of cyclic esters (lactones) is 1. The molecule has 5 nitrogen and oxygen atoms in total. The molecule has 2 rings (SSSR count). The molecule has 0 saturated carbocycles. The van der Waals surface area contributed by atoms with E-state index in [4.69, 9.17) is 14.2 Å². The molecular formula is C10H16O5. The zero-order valence-electron chi connectivity index (χ0n) is 8.99. The summed E-state index contributed by atoms with van der Waals surface area (Å²) in [5, 5.41) is 9.35. The quantitative estimate of drug-likeness (QED) is 0.668. The van der Waals surface area contributed by atoms with Crippen LogP contribution in [-0.4, -0.2) is 41.8 Å². The van der Waals surface area contributed by atoms with Gasteiger partial charge < -0.3 is 19.3 Å². The van der Waals surface area contributed by atoms with E-state index in [9.17, 15) is 9.90 Å². The van der Waals surface area contributed by atoms with Crippen molar-refractivity contribution in [1.29, 1.82) is 0 Å². The van der Waals surface area contributed by atoms with Gasteiger partial charge >= 0.3 is 5.97 Å². The molecular weight excluding hydrogens is 200 g/mol. The topological polar surface area (TPSA) is 65.0 Å². The minimum atomic E-state index is -0.898. The van der Waals surface area contributed by atoms with Crippen molar-refractivity contribution in [2.75, 3.05) is 13.2 Å². The predicted octanol–water partition coefficient (Wildman–Crippen LogP) is 0.206. The van der Waals surface area contributed by atoms with Crippen molar-refractivity contribution in [3.63, 3.8) is 0 Å². The lowest BCUT2D eigenvalue weighted by Gasteiger charge is -2.31. The van der Waals surface area contributed by atoms with E-state index >= 15 is 0 Å². The van der Waals surface area contributed by atoms with Crippen LogP contribution in [-0.2, 0) is 19.0 Å². The fraction of sp³-hybridized carbons (Fsp3) is 0.900. The lowest BCUT2D eigenvalue weighted by molar-refractivity contribution is -0.188. The van der Waals surface area contributed by atoms with Gasteiger partial charge in [-0.15, -0.1) is 0 Å². The zero-order chi connectivity index (χ0) is 11.1. The Bertz CT molecular complexity index is 275. The Balaban J connectivity index is 2.11. The van der Waals surface area contributed by atoms with Crippen LogP contribution in [0.5, 0.6) is 0 Å². The highest BCUT2D eigenvalue weighted by molar-refractivity contribution is 5.72. The van der Waals surface area contributed by atoms with Crippen molar-refractivity contribution >= 4 is 5.97 Å². The summed E-state index contributed by atoms with van der Waals surface area (Å²) >= 11 is 0. The van der Waals surface area contributed by atoms with Crippen molar-refractivity contribution in [2.45, 2.75) is 44.2 Å². The summed E-state index contributed by atoms with van der Waals surface area (Å²) in [4.78, 5) is 11.1. The molecule has 0 spiro atoms. The van der Waals surface area contributed by atoms with E-state index in [1.54, 1.807) is 13.8 Å². The van der Waals surface area contributed by atoms with Crippen LogP contribution in [0.3, 0.4) is 0 Å². The third-order valence-electron chi connectivity index (χ3n) is 2.93. The summed E-state index contributed by atoms with van der Waals surface area (Å²) in [5.74, 6) is -0.945. The number of hydrogen-bond donors (Lipinski definition) is 1. The zero-order valence-corrected chi connectivity index (χ0v) is 8.99. The maximum atomic E-state index is 11.1. The highest BCUT2D eigenvalue weighted by Gasteiger charge is 2.52. The summed E-state index contributed by atoms with van der Waals surface area (Å²) in [5.41, 5.74) is -0.898. The normalized spacial score (nSPS) is 39.4. The minimum Gasteiger partial charge on any atom is -0.454 e. The second-order valence-electron chi connectivity index (χ2n) is 4.51. The van der Waals surface area contributed by atoms with E-state index in [1.807, 2.05) is 0 Å². The molecule has 5 heteroatoms. The molecule has 0 aromatic heterocycles. The van der Waals surface area contributed by atoms with Crippen molar-refractivity contribution in [3.05, 3.63) is 0 Å². The van der Waals surface area contributed by atoms with Crippen LogP contribution in [0.4, 0.5) is 0 Å². The molecule has 2 aliphatic rings. The molecule has 1 N–H and O–H groups in total. The molecule has 2 aliphatic heterocycles. The Morgan fingerprint density at radius 2 is 2.27 bits per heavy atom. The van der Waals surface area contributed by atoms with Gasteiger partial charge in [0.15, 0.2) is 11.4 Å². The lowest BCUT2D eigenvalue weighted by atomic mass is 9.94. The van der Waals surface area contributed by atoms with Gasteiger partial charge in [0.2, 0.25) is 0 Å². The average molecular weight is 216 g/mol. The molecule has 15 heavy (non-hydrogen) atoms. The number of carbonyl (C=O) groups excluding carboxylic acids is 1. The SMILES string of the molecule is CC1(C)OC[C@@H]([C@]2(CO)CCC(=O)O2)O1. The van der Waals surface area contributed by atoms with Gasteiger partial charge in [-0.25, -0.2) is 0 Å². The van der Waals surface area contributed by atoms with E-state index in [1.165, 1.54) is 0 Å². The summed E-state index contributed by atoms with van der Waals surface area (Å²) in [7, 11) is 0. The summed E-state index contributed by atoms with van der Waals surface area (Å²) < 4.78 is 16.2. The second kappa shape index (κ2) is 3.43. The molecule has 0 bridgehead atoms. The van der Waals surface area contributed by atoms with E-state index in [0.29, 0.717) is 19.4 Å². The highest BCUT2D eigenvalue weighted by Crippen LogP contribution is 2.37. The van der Waals surface area contributed by atoms with Gasteiger partial charge in [-0.3, -0.25) is 4.79 Å². The van der Waals surface area contributed by atoms with Crippen LogP contribution >= 0.6 is 0 Å². The van der Waals surface area contributed by atoms with Crippen molar-refractivity contribution in [2.24, 2.45) is 0 Å². The number of ether oxygens (including phenoxy) is 3. The number of carbonyl (C=O) groups is 1. The van der Waals surface area contributed by atoms with Crippen molar-refractivity contribution < 1.29 is 24.1 Å². The molecule has 2 saturated heterocycles. The molecule has 2 fully saturated rings. The number of aliphatic hydroxyl groups is 1. The van der Waals surface area contributed by atoms with Gasteiger partial charge in [0.25, 0.3) is 0 Å². The Morgan fingerprint density at radius 3 is 2.67 bits per heavy atom. The molecule has 0 unspecified atom stereocenters. The van der Waals surface area contributed by atoms with Crippen molar-refractivity contribution in [1.82, 2.24) is 0 Å². The van der Waals surface area contributed by atoms with Crippen LogP contribution in [0.15, 0.2) is 0 Å². The predicted molar refractivity (Wildman–Crippen MR) is 50.0 cm³/mol. The van der Waals surface area contributed by atoms with Crippen LogP contribution in [0.2, 0.25) is 0 Å². The van der Waals surface area contributed by atoms with E-state index in [2.05, 4.69) is 0 Å². The first-order valence-corrected chi connectivity index (χ1v) is 5.12. The second-order valence-corrected chi connectivity index (χ2v) is 4.51. The summed E-state index contributed by atoms with van der Waals surface area (Å²) in [6.07, 6.45) is 0.455. The molecule has 2 atom stereocenters. The summed E-state index contributed by atoms with van der Waals surface area (Å²) in [6, 6.07) is 0. The third-order valence-corrected chi connectivity index (χ3v) is 2.93. The first-order valence-electron chi connectivity index (χ1n) is 5.12. The smallest absolute Gasteiger partial charge is 0.306 e. The van der Waals surface area contributed by atoms with Crippen LogP contribution in [0.25, 0.3) is 0 Å². The highest BCUT2D eigenvalue weighted by atomic mass is 16.8. The van der Waals surface area contributed by atoms with Gasteiger partial charge in [0.05, 0.1) is 13.2 Å². The van der Waals surface area contributed by atoms with Gasteiger partial charge in [-0.1, -0.05) is 0 Å². The molecule has 0 aliphatic carbocycles. The number of aliphatic hydroxyl groups excluding tert-OH is 1. The number of esters is 1. The number of rotatable bonds is 2.